The van der Waals surface area contributed by atoms with E-state index in [0.29, 0.717) is 42.5 Å². The molecule has 1 N–H and O–H groups in total. The number of halogens is 13. The Kier molecular flexibility index (Phi) is 11.2. The molecule has 0 fully saturated rings. The van der Waals surface area contributed by atoms with Crippen LogP contribution in [0.25, 0.3) is 0 Å². The number of nitrogens with zero attached hydrogens (tertiary/aromatic N) is 1. The smallest absolute Gasteiger partial charge is 0.429 e. The molecule has 4 rings (SSSR count). The highest BCUT2D eigenvalue weighted by Crippen LogP contribution is 2.43. The first-order valence-corrected chi connectivity index (χ1v) is 14.7. The topological polar surface area (TPSA) is 41.6 Å². The molecule has 1 aliphatic rings. The Bertz CT molecular complexity index is 1800. The third-order valence-electron chi connectivity index (χ3n) is 7.75. The third kappa shape index (κ3) is 9.23. The van der Waals surface area contributed by atoms with E-state index < -0.39 is 101 Å². The van der Waals surface area contributed by atoms with E-state index in [4.69, 9.17) is 0 Å². The fourth-order valence-electron chi connectivity index (χ4n) is 5.48. The molecule has 0 aromatic heterocycles. The molecule has 17 heteroatoms. The van der Waals surface area contributed by atoms with Gasteiger partial charge in [0.15, 0.2) is 0 Å². The number of rotatable bonds is 11. The zero-order valence-corrected chi connectivity index (χ0v) is 26.4. The normalized spacial score (nSPS) is 16.8. The number of amides is 1. The highest BCUT2D eigenvalue weighted by molar-refractivity contribution is 5.95. The summed E-state index contributed by atoms with van der Waals surface area (Å²) in [5.74, 6) is -6.31. The largest absolute Gasteiger partial charge is 0.461 e. The summed E-state index contributed by atoms with van der Waals surface area (Å²) in [4.78, 5) is 15.6. The summed E-state index contributed by atoms with van der Waals surface area (Å²) in [5, 5.41) is 2.27. The molecule has 0 saturated heterocycles. The molecule has 4 nitrogen and oxygen atoms in total. The second-order valence-electron chi connectivity index (χ2n) is 11.9. The molecule has 0 radical (unpaired) electrons. The van der Waals surface area contributed by atoms with E-state index in [-0.39, 0.29) is 17.7 Å². The lowest BCUT2D eigenvalue weighted by Crippen LogP contribution is -2.50. The third-order valence-corrected chi connectivity index (χ3v) is 7.75. The number of nitrogens with one attached hydrogen (secondary N) is 1. The lowest BCUT2D eigenvalue weighted by atomic mass is 9.73. The van der Waals surface area contributed by atoms with Crippen LogP contribution in [-0.4, -0.2) is 43.6 Å². The average Bonchev–Trinajstić information content (AvgIpc) is 3.00. The number of hydrogen-bond acceptors (Lipinski definition) is 3. The van der Waals surface area contributed by atoms with Crippen molar-refractivity contribution in [2.75, 3.05) is 14.1 Å². The van der Waals surface area contributed by atoms with Gasteiger partial charge in [-0.25, -0.2) is 13.2 Å². The molecular formula is C34H27F13N2O2. The van der Waals surface area contributed by atoms with E-state index in [9.17, 15) is 57.5 Å². The van der Waals surface area contributed by atoms with Gasteiger partial charge in [0.2, 0.25) is 0 Å². The first kappa shape index (κ1) is 39.2. The van der Waals surface area contributed by atoms with Crippen molar-refractivity contribution in [1.82, 2.24) is 10.2 Å². The second-order valence-corrected chi connectivity index (χ2v) is 11.9. The maximum absolute atomic E-state index is 15.3. The first-order chi connectivity index (χ1) is 23.5. The van der Waals surface area contributed by atoms with Crippen molar-refractivity contribution < 1.29 is 66.6 Å². The van der Waals surface area contributed by atoms with Crippen LogP contribution in [0, 0.1) is 11.6 Å². The molecular weight excluding hydrogens is 715 g/mol. The summed E-state index contributed by atoms with van der Waals surface area (Å²) < 4.78 is 185. The quantitative estimate of drug-likeness (QED) is 0.199. The van der Waals surface area contributed by atoms with Crippen LogP contribution < -0.4 is 5.32 Å². The average molecular weight is 743 g/mol. The highest BCUT2D eigenvalue weighted by Gasteiger charge is 2.47. The number of alkyl halides is 11. The van der Waals surface area contributed by atoms with Crippen molar-refractivity contribution in [1.29, 1.82) is 0 Å². The fourth-order valence-corrected chi connectivity index (χ4v) is 5.48. The van der Waals surface area contributed by atoms with Crippen LogP contribution in [0.5, 0.6) is 0 Å². The van der Waals surface area contributed by atoms with Gasteiger partial charge in [-0.1, -0.05) is 30.3 Å². The molecule has 1 aliphatic carbocycles. The van der Waals surface area contributed by atoms with Crippen molar-refractivity contribution >= 4 is 5.91 Å². The molecule has 3 aromatic rings. The maximum Gasteiger partial charge on any atom is 0.461 e. The van der Waals surface area contributed by atoms with Gasteiger partial charge in [0.05, 0.1) is 16.7 Å². The van der Waals surface area contributed by atoms with Gasteiger partial charge in [0.1, 0.15) is 23.6 Å². The van der Waals surface area contributed by atoms with Crippen LogP contribution in [0.1, 0.15) is 44.6 Å². The van der Waals surface area contributed by atoms with Crippen molar-refractivity contribution in [3.05, 3.63) is 129 Å². The Morgan fingerprint density at radius 2 is 1.39 bits per heavy atom. The van der Waals surface area contributed by atoms with Gasteiger partial charge in [-0.05, 0) is 78.8 Å². The van der Waals surface area contributed by atoms with Crippen LogP contribution in [0.2, 0.25) is 0 Å². The van der Waals surface area contributed by atoms with Crippen molar-refractivity contribution in [2.24, 2.45) is 0 Å². The zero-order chi connectivity index (χ0) is 38.1. The number of carbonyl (C=O) groups is 1. The van der Waals surface area contributed by atoms with Crippen LogP contribution >= 0.6 is 0 Å². The minimum Gasteiger partial charge on any atom is -0.429 e. The van der Waals surface area contributed by atoms with Gasteiger partial charge in [0.25, 0.3) is 5.91 Å². The molecule has 2 atom stereocenters. The van der Waals surface area contributed by atoms with Gasteiger partial charge in [-0.15, -0.1) is 0 Å². The Balaban J connectivity index is 2.02. The Labute approximate surface area is 282 Å². The lowest BCUT2D eigenvalue weighted by Gasteiger charge is -2.40. The summed E-state index contributed by atoms with van der Waals surface area (Å²) >= 11 is 0. The van der Waals surface area contributed by atoms with Crippen LogP contribution in [0.15, 0.2) is 84.1 Å². The Hall–Kier alpha value is -4.54. The molecule has 0 saturated carbocycles. The molecule has 276 valence electrons. The minimum absolute atomic E-state index is 0.0993. The molecule has 1 unspecified atom stereocenters. The summed E-state index contributed by atoms with van der Waals surface area (Å²) in [5.41, 5.74) is -7.62. The fraction of sp³-hybridized carbons (Fsp3) is 0.324. The van der Waals surface area contributed by atoms with Crippen LogP contribution in [-0.2, 0) is 35.6 Å². The Morgan fingerprint density at radius 3 is 1.94 bits per heavy atom. The van der Waals surface area contributed by atoms with Gasteiger partial charge in [0, 0.05) is 24.9 Å². The van der Waals surface area contributed by atoms with Crippen LogP contribution in [0.3, 0.4) is 0 Å². The van der Waals surface area contributed by atoms with Crippen molar-refractivity contribution in [3.8, 4) is 0 Å². The zero-order valence-electron chi connectivity index (χ0n) is 26.4. The van der Waals surface area contributed by atoms with E-state index in [2.05, 4.69) is 10.1 Å². The van der Waals surface area contributed by atoms with Crippen molar-refractivity contribution in [2.45, 2.75) is 56.0 Å². The van der Waals surface area contributed by atoms with Crippen LogP contribution in [0.4, 0.5) is 57.1 Å². The standard InChI is InChI=1S/C34H27F13N2O2/c1-49(2)17-19-5-3-18(4-6-19)16-31(21-8-10-28(37)26(14-21)33(43,44)45,22-12-23(35)15-24(13-22)51-34(46,47)30(38)39)48-29(50)20-7-9-27(36)25(11-20)32(40,41)42/h3-11,13-15,23,30H,12,16-17H2,1-2H3,(H,48,50)/t23?,31-/m1/s1. The maximum atomic E-state index is 15.3. The number of carbonyl (C=O) groups excluding carboxylic acids is 1. The predicted octanol–water partition coefficient (Wildman–Crippen LogP) is 9.36. The first-order valence-electron chi connectivity index (χ1n) is 14.7. The number of benzene rings is 3. The SMILES string of the molecule is CN(C)Cc1ccc(C[C@](NC(=O)c2ccc(F)c(C(F)(F)F)c2)(C2=CC(OC(F)(F)C(F)F)=CC(F)C2)c2ccc(F)c(C(F)(F)F)c2)cc1. The molecule has 51 heavy (non-hydrogen) atoms. The van der Waals surface area contributed by atoms with Crippen molar-refractivity contribution in [3.63, 3.8) is 0 Å². The second kappa shape index (κ2) is 14.6. The molecule has 1 amide bonds. The number of ether oxygens (including phenoxy) is 1. The molecule has 0 aliphatic heterocycles. The summed E-state index contributed by atoms with van der Waals surface area (Å²) in [6.07, 6.45) is -23.3. The summed E-state index contributed by atoms with van der Waals surface area (Å²) in [6, 6.07) is 8.29. The summed E-state index contributed by atoms with van der Waals surface area (Å²) in [7, 11) is 3.49. The van der Waals surface area contributed by atoms with Gasteiger partial charge >= 0.3 is 24.9 Å². The molecule has 0 heterocycles. The highest BCUT2D eigenvalue weighted by atomic mass is 19.4. The summed E-state index contributed by atoms with van der Waals surface area (Å²) in [6.45, 7) is 0.402. The molecule has 0 spiro atoms. The van der Waals surface area contributed by atoms with Gasteiger partial charge in [-0.2, -0.15) is 43.9 Å². The Morgan fingerprint density at radius 1 is 0.843 bits per heavy atom. The predicted molar refractivity (Wildman–Crippen MR) is 157 cm³/mol. The lowest BCUT2D eigenvalue weighted by molar-refractivity contribution is -0.280. The van der Waals surface area contributed by atoms with E-state index >= 15 is 4.39 Å². The molecule has 3 aromatic carbocycles. The van der Waals surface area contributed by atoms with Gasteiger partial charge in [-0.3, -0.25) is 4.79 Å². The van der Waals surface area contributed by atoms with E-state index in [0.717, 1.165) is 6.07 Å². The van der Waals surface area contributed by atoms with Gasteiger partial charge < -0.3 is 15.0 Å². The number of allylic oxidation sites excluding steroid dienone is 2. The van der Waals surface area contributed by atoms with E-state index in [1.807, 2.05) is 0 Å². The number of hydrogen-bond donors (Lipinski definition) is 1. The minimum atomic E-state index is -5.38. The molecule has 0 bridgehead atoms. The monoisotopic (exact) mass is 742 g/mol. The van der Waals surface area contributed by atoms with E-state index in [1.165, 1.54) is 12.1 Å². The van der Waals surface area contributed by atoms with E-state index in [1.54, 1.807) is 31.1 Å².